The summed E-state index contributed by atoms with van der Waals surface area (Å²) in [6, 6.07) is 0. The van der Waals surface area contributed by atoms with Crippen LogP contribution >= 0.6 is 15.9 Å². The average molecular weight is 249 g/mol. The highest BCUT2D eigenvalue weighted by atomic mass is 79.9. The second-order valence-electron chi connectivity index (χ2n) is 2.73. The minimum Gasteiger partial charge on any atom is -0.333 e. The lowest BCUT2D eigenvalue weighted by atomic mass is 10.3. The van der Waals surface area contributed by atoms with Crippen molar-refractivity contribution < 1.29 is 0 Å². The van der Waals surface area contributed by atoms with Crippen LogP contribution in [0, 0.1) is 0 Å². The van der Waals surface area contributed by atoms with E-state index >= 15 is 0 Å². The van der Waals surface area contributed by atoms with Gasteiger partial charge in [-0.3, -0.25) is 0 Å². The molecule has 0 atom stereocenters. The van der Waals surface area contributed by atoms with Crippen LogP contribution in [0.25, 0.3) is 0 Å². The second kappa shape index (κ2) is 4.45. The third kappa shape index (κ3) is 2.12. The van der Waals surface area contributed by atoms with Crippen molar-refractivity contribution in [2.75, 3.05) is 11.2 Å². The van der Waals surface area contributed by atoms with Gasteiger partial charge in [0.25, 0.3) is 0 Å². The minimum atomic E-state index is -0.247. The van der Waals surface area contributed by atoms with E-state index < -0.39 is 0 Å². The third-order valence-electron chi connectivity index (χ3n) is 1.71. The van der Waals surface area contributed by atoms with E-state index in [9.17, 15) is 4.79 Å². The molecule has 0 saturated heterocycles. The van der Waals surface area contributed by atoms with Crippen LogP contribution in [0.5, 0.6) is 0 Å². The minimum absolute atomic E-state index is 0.247. The molecule has 1 aromatic rings. The first-order valence-corrected chi connectivity index (χ1v) is 5.32. The van der Waals surface area contributed by atoms with Gasteiger partial charge in [0.1, 0.15) is 0 Å². The van der Waals surface area contributed by atoms with Crippen molar-refractivity contribution in [3.05, 3.63) is 16.3 Å². The summed E-state index contributed by atoms with van der Waals surface area (Å²) in [5.74, 6) is 6.17. The van der Waals surface area contributed by atoms with Crippen LogP contribution in [0.3, 0.4) is 0 Å². The Hall–Kier alpha value is -0.780. The molecule has 1 heterocycles. The van der Waals surface area contributed by atoms with Crippen molar-refractivity contribution in [2.24, 2.45) is 0 Å². The highest BCUT2D eigenvalue weighted by molar-refractivity contribution is 9.09. The zero-order valence-electron chi connectivity index (χ0n) is 7.53. The van der Waals surface area contributed by atoms with Crippen molar-refractivity contribution in [3.63, 3.8) is 0 Å². The largest absolute Gasteiger partial charge is 0.364 e. The highest BCUT2D eigenvalue weighted by Crippen LogP contribution is 1.94. The lowest BCUT2D eigenvalue weighted by Crippen LogP contribution is -2.31. The molecule has 0 aromatic carbocycles. The Morgan fingerprint density at radius 2 is 2.31 bits per heavy atom. The highest BCUT2D eigenvalue weighted by Gasteiger charge is 2.08. The third-order valence-corrected chi connectivity index (χ3v) is 2.07. The molecule has 0 aliphatic carbocycles. The molecule has 6 heteroatoms. The fraction of sp³-hybridized carbons (Fsp3) is 0.714. The number of hydrogen-bond donors (Lipinski definition) is 1. The molecule has 0 saturated carbocycles. The van der Waals surface area contributed by atoms with E-state index in [4.69, 9.17) is 5.84 Å². The van der Waals surface area contributed by atoms with Gasteiger partial charge in [-0.25, -0.2) is 9.48 Å². The average Bonchev–Trinajstić information content (AvgIpc) is 2.36. The van der Waals surface area contributed by atoms with Crippen LogP contribution in [0.2, 0.25) is 0 Å². The molecule has 0 spiro atoms. The molecule has 0 radical (unpaired) electrons. The fourth-order valence-corrected chi connectivity index (χ4v) is 1.42. The number of nitrogens with zero attached hydrogens (tertiary/aromatic N) is 3. The topological polar surface area (TPSA) is 65.8 Å². The number of rotatable bonds is 4. The molecule has 0 bridgehead atoms. The molecule has 1 aromatic heterocycles. The summed E-state index contributed by atoms with van der Waals surface area (Å²) in [4.78, 5) is 11.4. The summed E-state index contributed by atoms with van der Waals surface area (Å²) in [7, 11) is 0. The second-order valence-corrected chi connectivity index (χ2v) is 3.52. The zero-order chi connectivity index (χ0) is 9.84. The molecule has 1 rings (SSSR count). The molecule has 0 fully saturated rings. The van der Waals surface area contributed by atoms with Crippen molar-refractivity contribution in [1.82, 2.24) is 14.5 Å². The Kier molecular flexibility index (Phi) is 3.53. The molecule has 0 aliphatic heterocycles. The number of nitrogens with two attached hydrogens (primary N) is 1. The Bertz CT molecular complexity index is 330. The molecule has 5 nitrogen and oxygen atoms in total. The lowest BCUT2D eigenvalue weighted by molar-refractivity contribution is 0.629. The van der Waals surface area contributed by atoms with Crippen LogP contribution in [-0.2, 0) is 13.0 Å². The number of aromatic nitrogens is 3. The fourth-order valence-electron chi connectivity index (χ4n) is 1.08. The molecule has 13 heavy (non-hydrogen) atoms. The van der Waals surface area contributed by atoms with Gasteiger partial charge in [-0.05, 0) is 6.42 Å². The molecule has 2 N–H and O–H groups in total. The van der Waals surface area contributed by atoms with Gasteiger partial charge in [-0.1, -0.05) is 22.9 Å². The van der Waals surface area contributed by atoms with Gasteiger partial charge in [-0.15, -0.1) is 0 Å². The Balaban J connectivity index is 2.98. The molecule has 0 amide bonds. The number of alkyl halides is 1. The van der Waals surface area contributed by atoms with Crippen LogP contribution in [0.15, 0.2) is 4.79 Å². The Morgan fingerprint density at radius 3 is 2.85 bits per heavy atom. The van der Waals surface area contributed by atoms with Gasteiger partial charge in [0.2, 0.25) is 0 Å². The Labute approximate surface area is 84.6 Å². The standard InChI is InChI=1S/C7H13BrN4O/c1-2-3-6-10-11(5-4-8)7(13)12(6)9/h2-5,9H2,1H3. The summed E-state index contributed by atoms with van der Waals surface area (Å²) in [5.41, 5.74) is -0.247. The SMILES string of the molecule is CCCc1nn(CCBr)c(=O)n1N. The molecular weight excluding hydrogens is 236 g/mol. The van der Waals surface area contributed by atoms with Gasteiger partial charge in [-0.2, -0.15) is 9.77 Å². The predicted molar refractivity (Wildman–Crippen MR) is 54.4 cm³/mol. The van der Waals surface area contributed by atoms with E-state index in [1.807, 2.05) is 6.92 Å². The van der Waals surface area contributed by atoms with E-state index in [1.54, 1.807) is 0 Å². The quantitative estimate of drug-likeness (QED) is 0.608. The zero-order valence-corrected chi connectivity index (χ0v) is 9.12. The summed E-state index contributed by atoms with van der Waals surface area (Å²) in [6.07, 6.45) is 1.67. The molecule has 0 aliphatic rings. The van der Waals surface area contributed by atoms with Gasteiger partial charge in [0.15, 0.2) is 5.82 Å². The molecular formula is C7H13BrN4O. The van der Waals surface area contributed by atoms with Gasteiger partial charge < -0.3 is 5.84 Å². The van der Waals surface area contributed by atoms with Crippen molar-refractivity contribution in [2.45, 2.75) is 26.3 Å². The van der Waals surface area contributed by atoms with Crippen molar-refractivity contribution >= 4 is 15.9 Å². The van der Waals surface area contributed by atoms with Crippen LogP contribution in [0.4, 0.5) is 0 Å². The first kappa shape index (κ1) is 10.3. The monoisotopic (exact) mass is 248 g/mol. The molecule has 74 valence electrons. The van der Waals surface area contributed by atoms with Crippen LogP contribution in [0.1, 0.15) is 19.2 Å². The molecule has 0 unspecified atom stereocenters. The lowest BCUT2D eigenvalue weighted by Gasteiger charge is -1.93. The van der Waals surface area contributed by atoms with E-state index in [2.05, 4.69) is 21.0 Å². The number of halogens is 1. The predicted octanol–water partition coefficient (Wildman–Crippen LogP) is 0.106. The number of aryl methyl sites for hydroxylation is 2. The van der Waals surface area contributed by atoms with Gasteiger partial charge in [0, 0.05) is 11.8 Å². The van der Waals surface area contributed by atoms with E-state index in [0.717, 1.165) is 17.5 Å². The van der Waals surface area contributed by atoms with E-state index in [0.29, 0.717) is 17.7 Å². The number of hydrogen-bond acceptors (Lipinski definition) is 3. The van der Waals surface area contributed by atoms with Crippen LogP contribution < -0.4 is 11.5 Å². The number of nitrogen functional groups attached to an aromatic ring is 1. The summed E-state index contributed by atoms with van der Waals surface area (Å²) >= 11 is 3.24. The first-order chi connectivity index (χ1) is 6.20. The van der Waals surface area contributed by atoms with Crippen LogP contribution in [-0.4, -0.2) is 19.8 Å². The summed E-state index contributed by atoms with van der Waals surface area (Å²) < 4.78 is 2.49. The summed E-state index contributed by atoms with van der Waals surface area (Å²) in [5, 5.41) is 4.80. The summed E-state index contributed by atoms with van der Waals surface area (Å²) in [6.45, 7) is 2.58. The maximum absolute atomic E-state index is 11.4. The normalized spacial score (nSPS) is 10.6. The smallest absolute Gasteiger partial charge is 0.333 e. The van der Waals surface area contributed by atoms with E-state index in [1.165, 1.54) is 4.68 Å². The Morgan fingerprint density at radius 1 is 1.62 bits per heavy atom. The van der Waals surface area contributed by atoms with Gasteiger partial charge >= 0.3 is 5.69 Å². The van der Waals surface area contributed by atoms with E-state index in [-0.39, 0.29) is 5.69 Å². The maximum Gasteiger partial charge on any atom is 0.364 e. The maximum atomic E-state index is 11.4. The van der Waals surface area contributed by atoms with Gasteiger partial charge in [0.05, 0.1) is 6.54 Å². The first-order valence-electron chi connectivity index (χ1n) is 4.20. The van der Waals surface area contributed by atoms with Crippen molar-refractivity contribution in [1.29, 1.82) is 0 Å². The van der Waals surface area contributed by atoms with Crippen molar-refractivity contribution in [3.8, 4) is 0 Å².